The van der Waals surface area contributed by atoms with E-state index in [4.69, 9.17) is 4.74 Å². The van der Waals surface area contributed by atoms with E-state index in [-0.39, 0.29) is 11.2 Å². The van der Waals surface area contributed by atoms with Crippen molar-refractivity contribution in [3.05, 3.63) is 56.5 Å². The SMILES string of the molecule is Cc1ccc(OC(=O)Cn2c(=O)c3c(ncn3C)n(C)c2=O)c(C)c1. The molecule has 0 amide bonds. The Hall–Kier alpha value is -3.16. The van der Waals surface area contributed by atoms with Crippen molar-refractivity contribution in [2.45, 2.75) is 20.4 Å². The Labute approximate surface area is 142 Å². The zero-order valence-corrected chi connectivity index (χ0v) is 14.4. The van der Waals surface area contributed by atoms with Crippen molar-refractivity contribution in [2.75, 3.05) is 0 Å². The molecule has 0 radical (unpaired) electrons. The number of esters is 1. The van der Waals surface area contributed by atoms with Gasteiger partial charge in [0.05, 0.1) is 6.33 Å². The lowest BCUT2D eigenvalue weighted by molar-refractivity contribution is -0.135. The van der Waals surface area contributed by atoms with Crippen molar-refractivity contribution in [1.82, 2.24) is 18.7 Å². The summed E-state index contributed by atoms with van der Waals surface area (Å²) in [6, 6.07) is 5.39. The van der Waals surface area contributed by atoms with Gasteiger partial charge in [0.2, 0.25) is 0 Å². The Bertz CT molecular complexity index is 1100. The van der Waals surface area contributed by atoms with Crippen molar-refractivity contribution < 1.29 is 9.53 Å². The number of hydrogen-bond donors (Lipinski definition) is 0. The molecule has 2 aromatic heterocycles. The Morgan fingerprint density at radius 3 is 2.60 bits per heavy atom. The van der Waals surface area contributed by atoms with Gasteiger partial charge in [-0.2, -0.15) is 0 Å². The van der Waals surface area contributed by atoms with Crippen molar-refractivity contribution in [3.8, 4) is 5.75 Å². The Balaban J connectivity index is 1.98. The van der Waals surface area contributed by atoms with E-state index in [9.17, 15) is 14.4 Å². The summed E-state index contributed by atoms with van der Waals surface area (Å²) < 4.78 is 8.92. The molecule has 0 aliphatic heterocycles. The fraction of sp³-hybridized carbons (Fsp3) is 0.294. The van der Waals surface area contributed by atoms with Crippen LogP contribution in [0.4, 0.5) is 0 Å². The van der Waals surface area contributed by atoms with Crippen LogP contribution in [0.5, 0.6) is 5.75 Å². The van der Waals surface area contributed by atoms with E-state index in [0.717, 1.165) is 15.7 Å². The number of nitrogens with zero attached hydrogens (tertiary/aromatic N) is 4. The Morgan fingerprint density at radius 2 is 1.92 bits per heavy atom. The molecule has 0 unspecified atom stereocenters. The van der Waals surface area contributed by atoms with Gasteiger partial charge in [-0.3, -0.25) is 9.36 Å². The number of aromatic nitrogens is 4. The summed E-state index contributed by atoms with van der Waals surface area (Å²) in [6.07, 6.45) is 1.45. The topological polar surface area (TPSA) is 88.1 Å². The van der Waals surface area contributed by atoms with Gasteiger partial charge in [0, 0.05) is 14.1 Å². The van der Waals surface area contributed by atoms with Gasteiger partial charge in [0.25, 0.3) is 5.56 Å². The first kappa shape index (κ1) is 16.7. The normalized spacial score (nSPS) is 11.0. The van der Waals surface area contributed by atoms with Crippen LogP contribution in [0.2, 0.25) is 0 Å². The second-order valence-electron chi connectivity index (χ2n) is 6.00. The minimum Gasteiger partial charge on any atom is -0.425 e. The fourth-order valence-electron chi connectivity index (χ4n) is 2.73. The van der Waals surface area contributed by atoms with Crippen LogP contribution in [0, 0.1) is 13.8 Å². The van der Waals surface area contributed by atoms with Crippen LogP contribution < -0.4 is 16.0 Å². The minimum absolute atomic E-state index is 0.251. The summed E-state index contributed by atoms with van der Waals surface area (Å²) in [5, 5.41) is 0. The maximum atomic E-state index is 12.6. The van der Waals surface area contributed by atoms with E-state index in [0.29, 0.717) is 5.75 Å². The van der Waals surface area contributed by atoms with Crippen molar-refractivity contribution in [3.63, 3.8) is 0 Å². The summed E-state index contributed by atoms with van der Waals surface area (Å²) in [6.45, 7) is 3.29. The monoisotopic (exact) mass is 342 g/mol. The smallest absolute Gasteiger partial charge is 0.333 e. The van der Waals surface area contributed by atoms with E-state index in [2.05, 4.69) is 4.98 Å². The first-order chi connectivity index (χ1) is 11.8. The number of fused-ring (bicyclic) bond motifs is 1. The van der Waals surface area contributed by atoms with Gasteiger partial charge in [0.15, 0.2) is 11.2 Å². The molecule has 0 fully saturated rings. The third-order valence-electron chi connectivity index (χ3n) is 4.04. The number of benzene rings is 1. The van der Waals surface area contributed by atoms with Crippen molar-refractivity contribution >= 4 is 17.1 Å². The van der Waals surface area contributed by atoms with Gasteiger partial charge in [-0.15, -0.1) is 0 Å². The molecule has 0 bridgehead atoms. The third kappa shape index (κ3) is 2.86. The van der Waals surface area contributed by atoms with Gasteiger partial charge in [-0.25, -0.2) is 19.1 Å². The number of carbonyl (C=O) groups excluding carboxylic acids is 1. The lowest BCUT2D eigenvalue weighted by atomic mass is 10.1. The maximum absolute atomic E-state index is 12.6. The average Bonchev–Trinajstić information content (AvgIpc) is 2.94. The van der Waals surface area contributed by atoms with Crippen molar-refractivity contribution in [1.29, 1.82) is 0 Å². The van der Waals surface area contributed by atoms with Crippen LogP contribution in [-0.2, 0) is 25.4 Å². The quantitative estimate of drug-likeness (QED) is 0.515. The van der Waals surface area contributed by atoms with E-state index in [1.807, 2.05) is 26.0 Å². The summed E-state index contributed by atoms with van der Waals surface area (Å²) in [7, 11) is 3.16. The van der Waals surface area contributed by atoms with Crippen LogP contribution in [0.15, 0.2) is 34.1 Å². The molecule has 0 atom stereocenters. The molecule has 8 heteroatoms. The standard InChI is InChI=1S/C17H18N4O4/c1-10-5-6-12(11(2)7-10)25-13(22)8-21-16(23)14-15(18-9-19(14)3)20(4)17(21)24/h5-7,9H,8H2,1-4H3. The second kappa shape index (κ2) is 6.04. The molecule has 8 nitrogen and oxygen atoms in total. The van der Waals surface area contributed by atoms with Gasteiger partial charge in [-0.1, -0.05) is 17.7 Å². The maximum Gasteiger partial charge on any atom is 0.333 e. The van der Waals surface area contributed by atoms with E-state index in [1.165, 1.54) is 22.5 Å². The summed E-state index contributed by atoms with van der Waals surface area (Å²) in [5.74, 6) is -0.283. The molecular weight excluding hydrogens is 324 g/mol. The van der Waals surface area contributed by atoms with Crippen LogP contribution in [0.3, 0.4) is 0 Å². The summed E-state index contributed by atoms with van der Waals surface area (Å²) in [5.41, 5.74) is 1.18. The zero-order valence-electron chi connectivity index (χ0n) is 14.4. The van der Waals surface area contributed by atoms with Crippen molar-refractivity contribution in [2.24, 2.45) is 14.1 Å². The summed E-state index contributed by atoms with van der Waals surface area (Å²) in [4.78, 5) is 41.2. The van der Waals surface area contributed by atoms with E-state index in [1.54, 1.807) is 13.1 Å². The van der Waals surface area contributed by atoms with E-state index < -0.39 is 23.8 Å². The predicted octanol–water partition coefficient (Wildman–Crippen LogP) is 0.656. The average molecular weight is 342 g/mol. The minimum atomic E-state index is -0.687. The van der Waals surface area contributed by atoms with Gasteiger partial charge < -0.3 is 9.30 Å². The van der Waals surface area contributed by atoms with Crippen LogP contribution in [0.25, 0.3) is 11.2 Å². The zero-order chi connectivity index (χ0) is 18.3. The number of hydrogen-bond acceptors (Lipinski definition) is 5. The lowest BCUT2D eigenvalue weighted by Gasteiger charge is -2.10. The molecule has 0 spiro atoms. The largest absolute Gasteiger partial charge is 0.425 e. The fourth-order valence-corrected chi connectivity index (χ4v) is 2.73. The van der Waals surface area contributed by atoms with Gasteiger partial charge in [-0.05, 0) is 25.5 Å². The third-order valence-corrected chi connectivity index (χ3v) is 4.04. The first-order valence-electron chi connectivity index (χ1n) is 7.68. The molecule has 1 aromatic carbocycles. The van der Waals surface area contributed by atoms with Crippen LogP contribution in [0.1, 0.15) is 11.1 Å². The van der Waals surface area contributed by atoms with Crippen LogP contribution in [-0.4, -0.2) is 24.7 Å². The number of rotatable bonds is 3. The number of ether oxygens (including phenoxy) is 1. The highest BCUT2D eigenvalue weighted by Crippen LogP contribution is 2.18. The molecule has 0 N–H and O–H groups in total. The molecule has 3 aromatic rings. The van der Waals surface area contributed by atoms with Gasteiger partial charge >= 0.3 is 11.7 Å². The Kier molecular flexibility index (Phi) is 4.03. The molecule has 0 aliphatic rings. The molecule has 0 saturated heterocycles. The Morgan fingerprint density at radius 1 is 1.20 bits per heavy atom. The van der Waals surface area contributed by atoms with Crippen LogP contribution >= 0.6 is 0 Å². The number of aryl methyl sites for hydroxylation is 4. The molecule has 3 rings (SSSR count). The second-order valence-corrected chi connectivity index (χ2v) is 6.00. The lowest BCUT2D eigenvalue weighted by Crippen LogP contribution is -2.42. The molecular formula is C17H18N4O4. The highest BCUT2D eigenvalue weighted by molar-refractivity contribution is 5.74. The molecule has 25 heavy (non-hydrogen) atoms. The predicted molar refractivity (Wildman–Crippen MR) is 91.8 cm³/mol. The molecule has 0 aliphatic carbocycles. The molecule has 2 heterocycles. The first-order valence-corrected chi connectivity index (χ1v) is 7.68. The molecule has 0 saturated carbocycles. The summed E-state index contributed by atoms with van der Waals surface area (Å²) >= 11 is 0. The van der Waals surface area contributed by atoms with E-state index >= 15 is 0 Å². The highest BCUT2D eigenvalue weighted by atomic mass is 16.5. The number of carbonyl (C=O) groups is 1. The molecule has 130 valence electrons. The van der Waals surface area contributed by atoms with Gasteiger partial charge in [0.1, 0.15) is 12.3 Å². The number of imidazole rings is 1. The highest BCUT2D eigenvalue weighted by Gasteiger charge is 2.18.